The van der Waals surface area contributed by atoms with Gasteiger partial charge in [-0.25, -0.2) is 4.79 Å². The maximum atomic E-state index is 12.2. The smallest absolute Gasteiger partial charge is 0.328 e. The number of ether oxygens (including phenoxy) is 1. The SMILES string of the molecule is CC.COC(=O)[C@H](CCCC=O)NC(=O)C(C)Cc1ccccc1. The third kappa shape index (κ3) is 8.46. The van der Waals surface area contributed by atoms with Gasteiger partial charge in [0, 0.05) is 12.3 Å². The van der Waals surface area contributed by atoms with Crippen molar-refractivity contribution >= 4 is 18.2 Å². The van der Waals surface area contributed by atoms with Crippen molar-refractivity contribution < 1.29 is 19.1 Å². The highest BCUT2D eigenvalue weighted by molar-refractivity contribution is 5.85. The molecule has 1 unspecified atom stereocenters. The lowest BCUT2D eigenvalue weighted by molar-refractivity contribution is -0.145. The van der Waals surface area contributed by atoms with Crippen molar-refractivity contribution in [3.8, 4) is 0 Å². The van der Waals surface area contributed by atoms with E-state index in [1.807, 2.05) is 51.1 Å². The summed E-state index contributed by atoms with van der Waals surface area (Å²) in [7, 11) is 1.29. The molecule has 0 aromatic heterocycles. The Labute approximate surface area is 144 Å². The van der Waals surface area contributed by atoms with E-state index >= 15 is 0 Å². The van der Waals surface area contributed by atoms with Crippen molar-refractivity contribution in [3.63, 3.8) is 0 Å². The van der Waals surface area contributed by atoms with E-state index in [9.17, 15) is 14.4 Å². The van der Waals surface area contributed by atoms with E-state index in [1.54, 1.807) is 0 Å². The second-order valence-electron chi connectivity index (χ2n) is 5.27. The molecular formula is C19H29NO4. The first-order valence-electron chi connectivity index (χ1n) is 8.44. The first-order valence-corrected chi connectivity index (χ1v) is 8.44. The summed E-state index contributed by atoms with van der Waals surface area (Å²) in [6.07, 6.45) is 2.71. The number of benzene rings is 1. The molecule has 1 rings (SSSR count). The predicted molar refractivity (Wildman–Crippen MR) is 94.5 cm³/mol. The van der Waals surface area contributed by atoms with Crippen molar-refractivity contribution in [3.05, 3.63) is 35.9 Å². The van der Waals surface area contributed by atoms with Gasteiger partial charge in [-0.3, -0.25) is 4.79 Å². The van der Waals surface area contributed by atoms with Gasteiger partial charge in [-0.05, 0) is 24.8 Å². The molecule has 0 spiro atoms. The number of methoxy groups -OCH3 is 1. The molecule has 0 saturated carbocycles. The van der Waals surface area contributed by atoms with E-state index in [4.69, 9.17) is 4.74 Å². The Morgan fingerprint density at radius 3 is 2.38 bits per heavy atom. The molecule has 0 aliphatic rings. The van der Waals surface area contributed by atoms with Crippen molar-refractivity contribution in [1.29, 1.82) is 0 Å². The normalized spacial score (nSPS) is 12.2. The van der Waals surface area contributed by atoms with Gasteiger partial charge in [0.2, 0.25) is 5.91 Å². The quantitative estimate of drug-likeness (QED) is 0.428. The fourth-order valence-electron chi connectivity index (χ4n) is 2.17. The maximum Gasteiger partial charge on any atom is 0.328 e. The first kappa shape index (κ1) is 21.8. The van der Waals surface area contributed by atoms with Crippen LogP contribution in [0.25, 0.3) is 0 Å². The molecule has 0 bridgehead atoms. The van der Waals surface area contributed by atoms with Crippen LogP contribution in [0, 0.1) is 5.92 Å². The molecule has 0 radical (unpaired) electrons. The Bertz CT molecular complexity index is 487. The zero-order chi connectivity index (χ0) is 18.4. The molecule has 0 saturated heterocycles. The second kappa shape index (κ2) is 13.3. The van der Waals surface area contributed by atoms with Crippen LogP contribution in [0.4, 0.5) is 0 Å². The molecule has 1 N–H and O–H groups in total. The summed E-state index contributed by atoms with van der Waals surface area (Å²) in [5, 5.41) is 2.72. The molecule has 134 valence electrons. The van der Waals surface area contributed by atoms with Crippen LogP contribution in [-0.4, -0.2) is 31.3 Å². The first-order chi connectivity index (χ1) is 11.6. The number of aldehydes is 1. The fourth-order valence-corrected chi connectivity index (χ4v) is 2.17. The predicted octanol–water partition coefficient (Wildman–Crippen LogP) is 2.92. The third-order valence-electron chi connectivity index (χ3n) is 3.45. The number of amides is 1. The van der Waals surface area contributed by atoms with Gasteiger partial charge in [0.25, 0.3) is 0 Å². The highest BCUT2D eigenvalue weighted by Gasteiger charge is 2.23. The molecule has 1 amide bonds. The Morgan fingerprint density at radius 2 is 1.83 bits per heavy atom. The Kier molecular flexibility index (Phi) is 12.1. The van der Waals surface area contributed by atoms with Crippen LogP contribution in [0.15, 0.2) is 30.3 Å². The molecule has 5 heteroatoms. The average molecular weight is 335 g/mol. The summed E-state index contributed by atoms with van der Waals surface area (Å²) in [4.78, 5) is 34.3. The summed E-state index contributed by atoms with van der Waals surface area (Å²) >= 11 is 0. The van der Waals surface area contributed by atoms with Crippen LogP contribution in [0.1, 0.15) is 45.6 Å². The van der Waals surface area contributed by atoms with E-state index in [1.165, 1.54) is 7.11 Å². The monoisotopic (exact) mass is 335 g/mol. The summed E-state index contributed by atoms with van der Waals surface area (Å²) in [6.45, 7) is 5.82. The summed E-state index contributed by atoms with van der Waals surface area (Å²) in [5.74, 6) is -0.919. The number of hydrogen-bond donors (Lipinski definition) is 1. The van der Waals surface area contributed by atoms with Crippen molar-refractivity contribution in [2.45, 2.75) is 52.5 Å². The minimum absolute atomic E-state index is 0.189. The summed E-state index contributed by atoms with van der Waals surface area (Å²) < 4.78 is 4.70. The number of hydrogen-bond acceptors (Lipinski definition) is 4. The Morgan fingerprint density at radius 1 is 1.21 bits per heavy atom. The summed E-state index contributed by atoms with van der Waals surface area (Å²) in [5.41, 5.74) is 1.07. The topological polar surface area (TPSA) is 72.5 Å². The number of unbranched alkanes of at least 4 members (excludes halogenated alkanes) is 1. The molecule has 5 nitrogen and oxygen atoms in total. The number of rotatable bonds is 9. The van der Waals surface area contributed by atoms with Crippen LogP contribution in [0.2, 0.25) is 0 Å². The van der Waals surface area contributed by atoms with Gasteiger partial charge in [0.05, 0.1) is 7.11 Å². The Balaban J connectivity index is 0.00000254. The van der Waals surface area contributed by atoms with E-state index in [2.05, 4.69) is 5.32 Å². The number of carbonyl (C=O) groups is 3. The van der Waals surface area contributed by atoms with Gasteiger partial charge in [0.15, 0.2) is 0 Å². The van der Waals surface area contributed by atoms with E-state index in [0.29, 0.717) is 25.7 Å². The molecule has 0 aliphatic heterocycles. The van der Waals surface area contributed by atoms with Crippen LogP contribution in [-0.2, 0) is 25.5 Å². The van der Waals surface area contributed by atoms with Gasteiger partial charge in [-0.15, -0.1) is 0 Å². The second-order valence-corrected chi connectivity index (χ2v) is 5.27. The van der Waals surface area contributed by atoms with Gasteiger partial charge >= 0.3 is 5.97 Å². The third-order valence-corrected chi connectivity index (χ3v) is 3.45. The van der Waals surface area contributed by atoms with Gasteiger partial charge in [-0.2, -0.15) is 0 Å². The number of carbonyl (C=O) groups excluding carboxylic acids is 3. The van der Waals surface area contributed by atoms with Crippen LogP contribution >= 0.6 is 0 Å². The molecule has 0 heterocycles. The van der Waals surface area contributed by atoms with E-state index in [-0.39, 0.29) is 11.8 Å². The average Bonchev–Trinajstić information content (AvgIpc) is 2.62. The highest BCUT2D eigenvalue weighted by atomic mass is 16.5. The molecule has 1 aromatic carbocycles. The minimum atomic E-state index is -0.698. The fraction of sp³-hybridized carbons (Fsp3) is 0.526. The minimum Gasteiger partial charge on any atom is -0.467 e. The largest absolute Gasteiger partial charge is 0.467 e. The van der Waals surface area contributed by atoms with Gasteiger partial charge in [-0.1, -0.05) is 51.1 Å². The van der Waals surface area contributed by atoms with Crippen molar-refractivity contribution in [2.24, 2.45) is 5.92 Å². The molecule has 0 aliphatic carbocycles. The van der Waals surface area contributed by atoms with E-state index < -0.39 is 12.0 Å². The zero-order valence-corrected chi connectivity index (χ0v) is 15.1. The number of nitrogens with one attached hydrogen (secondary N) is 1. The highest BCUT2D eigenvalue weighted by Crippen LogP contribution is 2.10. The number of esters is 1. The maximum absolute atomic E-state index is 12.2. The van der Waals surface area contributed by atoms with E-state index in [0.717, 1.165) is 11.8 Å². The lowest BCUT2D eigenvalue weighted by atomic mass is 9.99. The Hall–Kier alpha value is -2.17. The standard InChI is InChI=1S/C17H23NO4.C2H6/c1-13(12-14-8-4-3-5-9-14)16(20)18-15(17(21)22-2)10-6-7-11-19;1-2/h3-5,8-9,11,13,15H,6-7,10,12H2,1-2H3,(H,18,20);1-2H3/t13?,15-;/m0./s1. The zero-order valence-electron chi connectivity index (χ0n) is 15.1. The summed E-state index contributed by atoms with van der Waals surface area (Å²) in [6, 6.07) is 9.01. The molecule has 2 atom stereocenters. The lowest BCUT2D eigenvalue weighted by Gasteiger charge is -2.19. The lowest BCUT2D eigenvalue weighted by Crippen LogP contribution is -2.44. The van der Waals surface area contributed by atoms with Gasteiger partial charge in [0.1, 0.15) is 12.3 Å². The molecule has 24 heavy (non-hydrogen) atoms. The van der Waals surface area contributed by atoms with Gasteiger partial charge < -0.3 is 14.8 Å². The molecular weight excluding hydrogens is 306 g/mol. The molecule has 1 aromatic rings. The van der Waals surface area contributed by atoms with Crippen molar-refractivity contribution in [2.75, 3.05) is 7.11 Å². The molecule has 0 fully saturated rings. The van der Waals surface area contributed by atoms with Crippen LogP contribution in [0.5, 0.6) is 0 Å². The van der Waals surface area contributed by atoms with Crippen LogP contribution in [0.3, 0.4) is 0 Å². The van der Waals surface area contributed by atoms with Crippen LogP contribution < -0.4 is 5.32 Å². The van der Waals surface area contributed by atoms with Crippen molar-refractivity contribution in [1.82, 2.24) is 5.32 Å².